The number of allylic oxidation sites excluding steroid dienone is 3. The van der Waals surface area contributed by atoms with E-state index < -0.39 is 26.8 Å². The Kier molecular flexibility index (Phi) is 8.57. The van der Waals surface area contributed by atoms with Crippen LogP contribution in [0.1, 0.15) is 26.2 Å². The van der Waals surface area contributed by atoms with E-state index in [0.29, 0.717) is 35.6 Å². The Morgan fingerprint density at radius 1 is 1.39 bits per heavy atom. The molecule has 1 aliphatic heterocycles. The highest BCUT2D eigenvalue weighted by Gasteiger charge is 2.57. The largest absolute Gasteiger partial charge is 0.396 e. The van der Waals surface area contributed by atoms with E-state index in [4.69, 9.17) is 15.9 Å². The minimum absolute atomic E-state index is 0.0888. The first-order valence-corrected chi connectivity index (χ1v) is 11.7. The van der Waals surface area contributed by atoms with Gasteiger partial charge in [-0.3, -0.25) is 0 Å². The van der Waals surface area contributed by atoms with E-state index in [1.165, 1.54) is 6.08 Å². The second-order valence-corrected chi connectivity index (χ2v) is 9.76. The maximum atomic E-state index is 12.8. The molecule has 1 aliphatic carbocycles. The number of carbonyl (C=O) groups excluding carboxylic acids is 1. The molecule has 2 rings (SSSR count). The lowest BCUT2D eigenvalue weighted by Crippen LogP contribution is -2.42. The van der Waals surface area contributed by atoms with Crippen LogP contribution in [0.25, 0.3) is 0 Å². The van der Waals surface area contributed by atoms with Gasteiger partial charge in [0.1, 0.15) is 16.7 Å². The minimum atomic E-state index is -3.45. The Hall–Kier alpha value is -2.47. The Bertz CT molecular complexity index is 916. The quantitative estimate of drug-likeness (QED) is 0.236. The number of urea groups is 1. The van der Waals surface area contributed by atoms with Gasteiger partial charge in [0.15, 0.2) is 9.84 Å². The monoisotopic (exact) mass is 453 g/mol. The summed E-state index contributed by atoms with van der Waals surface area (Å²) in [5.41, 5.74) is 7.66. The summed E-state index contributed by atoms with van der Waals surface area (Å²) in [5, 5.41) is 25.9. The number of aliphatic hydroxyl groups is 2. The number of nitrogens with two attached hydrogens (primary N) is 1. The molecule has 1 atom stereocenters. The van der Waals surface area contributed by atoms with Gasteiger partial charge in [0.05, 0.1) is 12.4 Å². The zero-order chi connectivity index (χ0) is 23.1. The Morgan fingerprint density at radius 2 is 2.10 bits per heavy atom. The first-order valence-electron chi connectivity index (χ1n) is 10.0. The highest BCUT2D eigenvalue weighted by atomic mass is 32.2. The third-order valence-electron chi connectivity index (χ3n) is 4.99. The molecule has 0 spiro atoms. The van der Waals surface area contributed by atoms with E-state index in [1.54, 1.807) is 25.2 Å². The molecule has 10 nitrogen and oxygen atoms in total. The van der Waals surface area contributed by atoms with Gasteiger partial charge in [0.25, 0.3) is 0 Å². The lowest BCUT2D eigenvalue weighted by atomic mass is 10.1. The zero-order valence-corrected chi connectivity index (χ0v) is 18.4. The Morgan fingerprint density at radius 3 is 2.68 bits per heavy atom. The number of nitrogens with one attached hydrogen (secondary N) is 3. The first-order chi connectivity index (χ1) is 14.7. The van der Waals surface area contributed by atoms with Crippen molar-refractivity contribution in [2.45, 2.75) is 37.1 Å². The average Bonchev–Trinajstić information content (AvgIpc) is 3.55. The summed E-state index contributed by atoms with van der Waals surface area (Å²) in [6.07, 6.45) is 6.90. The van der Waals surface area contributed by atoms with Crippen molar-refractivity contribution in [1.82, 2.24) is 16.0 Å². The van der Waals surface area contributed by atoms with Crippen LogP contribution in [0.2, 0.25) is 0 Å². The van der Waals surface area contributed by atoms with E-state index in [-0.39, 0.29) is 31.9 Å². The number of aliphatic hydroxyl groups excluding tert-OH is 2. The molecular formula is C20H31N5O5S. The molecule has 1 fully saturated rings. The summed E-state index contributed by atoms with van der Waals surface area (Å²) in [6.45, 7) is 5.21. The normalized spacial score (nSPS) is 20.8. The van der Waals surface area contributed by atoms with Gasteiger partial charge in [-0.1, -0.05) is 12.7 Å². The summed E-state index contributed by atoms with van der Waals surface area (Å²) in [6, 6.07) is -0.476. The number of carbonyl (C=O) groups is 1. The predicted molar refractivity (Wildman–Crippen MR) is 120 cm³/mol. The smallest absolute Gasteiger partial charge is 0.319 e. The van der Waals surface area contributed by atoms with Gasteiger partial charge in [-0.15, -0.1) is 0 Å². The van der Waals surface area contributed by atoms with Crippen LogP contribution in [0.15, 0.2) is 52.8 Å². The molecule has 172 valence electrons. The molecule has 2 amide bonds. The summed E-state index contributed by atoms with van der Waals surface area (Å²) >= 11 is 0. The van der Waals surface area contributed by atoms with Crippen LogP contribution in [-0.2, 0) is 9.84 Å². The van der Waals surface area contributed by atoms with Crippen LogP contribution in [0.3, 0.4) is 0 Å². The van der Waals surface area contributed by atoms with Crippen molar-refractivity contribution in [1.29, 1.82) is 0 Å². The molecule has 0 saturated heterocycles. The van der Waals surface area contributed by atoms with Crippen molar-refractivity contribution in [3.8, 4) is 0 Å². The van der Waals surface area contributed by atoms with Gasteiger partial charge in [0.2, 0.25) is 0 Å². The van der Waals surface area contributed by atoms with Gasteiger partial charge >= 0.3 is 6.03 Å². The molecule has 0 radical (unpaired) electrons. The van der Waals surface area contributed by atoms with Crippen LogP contribution >= 0.6 is 0 Å². The van der Waals surface area contributed by atoms with Crippen molar-refractivity contribution in [2.24, 2.45) is 10.7 Å². The Labute approximate surface area is 182 Å². The first kappa shape index (κ1) is 24.8. The van der Waals surface area contributed by atoms with E-state index in [9.17, 15) is 13.2 Å². The van der Waals surface area contributed by atoms with Gasteiger partial charge < -0.3 is 31.9 Å². The van der Waals surface area contributed by atoms with Crippen LogP contribution in [0.5, 0.6) is 0 Å². The molecule has 11 heteroatoms. The van der Waals surface area contributed by atoms with Crippen LogP contribution in [0, 0.1) is 0 Å². The summed E-state index contributed by atoms with van der Waals surface area (Å²) in [4.78, 5) is 16.1. The SMILES string of the molecule is C=C/C(=C\C=C(/C)C1=N[C@H](N)C=C(C2(S(=O)(=O)CCCO)CC2)N1)NC(=O)NCCO. The van der Waals surface area contributed by atoms with Crippen molar-refractivity contribution in [3.05, 3.63) is 47.9 Å². The molecule has 0 bridgehead atoms. The number of rotatable bonds is 11. The standard InChI is InChI=1S/C20H31N5O5S/c1-3-15(23-19(28)22-9-11-27)6-5-14(2)18-24-16(13-17(21)25-18)20(7-8-20)31(29,30)12-4-10-26/h3,5-6,13,17,26-27H,1,4,7-12,21H2,2H3,(H,24,25)(H2,22,23,28)/b14-5+,15-6+/t17-/m0/s1. The van der Waals surface area contributed by atoms with Crippen molar-refractivity contribution in [3.63, 3.8) is 0 Å². The predicted octanol–water partition coefficient (Wildman–Crippen LogP) is -0.206. The summed E-state index contributed by atoms with van der Waals surface area (Å²) < 4.78 is 24.6. The van der Waals surface area contributed by atoms with Crippen LogP contribution in [-0.4, -0.2) is 66.9 Å². The second-order valence-electron chi connectivity index (χ2n) is 7.34. The van der Waals surface area contributed by atoms with Gasteiger partial charge in [0, 0.05) is 24.5 Å². The van der Waals surface area contributed by atoms with Crippen molar-refractivity contribution < 1.29 is 23.4 Å². The molecule has 0 aromatic carbocycles. The van der Waals surface area contributed by atoms with Gasteiger partial charge in [-0.2, -0.15) is 0 Å². The molecule has 1 heterocycles. The molecule has 0 unspecified atom stereocenters. The van der Waals surface area contributed by atoms with Gasteiger partial charge in [-0.25, -0.2) is 18.2 Å². The number of aliphatic imine (C=N–C) groups is 1. The van der Waals surface area contributed by atoms with Crippen molar-refractivity contribution >= 4 is 21.7 Å². The molecule has 2 aliphatic rings. The maximum Gasteiger partial charge on any atom is 0.319 e. The van der Waals surface area contributed by atoms with E-state index in [0.717, 1.165) is 0 Å². The fraction of sp³-hybridized carbons (Fsp3) is 0.500. The summed E-state index contributed by atoms with van der Waals surface area (Å²) in [7, 11) is -3.45. The molecule has 1 saturated carbocycles. The van der Waals surface area contributed by atoms with Crippen LogP contribution < -0.4 is 21.7 Å². The number of hydrogen-bond acceptors (Lipinski definition) is 8. The molecule has 0 aromatic rings. The number of nitrogens with zero attached hydrogens (tertiary/aromatic N) is 1. The Balaban J connectivity index is 2.15. The molecule has 31 heavy (non-hydrogen) atoms. The third kappa shape index (κ3) is 6.26. The number of hydrogen-bond donors (Lipinski definition) is 6. The maximum absolute atomic E-state index is 12.8. The highest BCUT2D eigenvalue weighted by Crippen LogP contribution is 2.49. The lowest BCUT2D eigenvalue weighted by Gasteiger charge is -2.27. The minimum Gasteiger partial charge on any atom is -0.396 e. The zero-order valence-electron chi connectivity index (χ0n) is 17.6. The van der Waals surface area contributed by atoms with Gasteiger partial charge in [-0.05, 0) is 50.0 Å². The lowest BCUT2D eigenvalue weighted by molar-refractivity contribution is 0.237. The van der Waals surface area contributed by atoms with Crippen molar-refractivity contribution in [2.75, 3.05) is 25.5 Å². The fourth-order valence-corrected chi connectivity index (χ4v) is 5.21. The summed E-state index contributed by atoms with van der Waals surface area (Å²) in [5.74, 6) is 0.354. The third-order valence-corrected chi connectivity index (χ3v) is 7.64. The molecular weight excluding hydrogens is 422 g/mol. The topological polar surface area (TPSA) is 166 Å². The number of amides is 2. The highest BCUT2D eigenvalue weighted by molar-refractivity contribution is 7.93. The van der Waals surface area contributed by atoms with E-state index in [2.05, 4.69) is 27.5 Å². The molecule has 0 aromatic heterocycles. The van der Waals surface area contributed by atoms with Crippen LogP contribution in [0.4, 0.5) is 4.79 Å². The van der Waals surface area contributed by atoms with E-state index >= 15 is 0 Å². The van der Waals surface area contributed by atoms with E-state index in [1.807, 2.05) is 0 Å². The average molecular weight is 454 g/mol. The number of sulfone groups is 1. The fourth-order valence-electron chi connectivity index (χ4n) is 3.14. The number of amidine groups is 1. The second kappa shape index (κ2) is 10.7. The molecule has 7 N–H and O–H groups in total.